The van der Waals surface area contributed by atoms with Crippen LogP contribution in [-0.2, 0) is 0 Å². The monoisotopic (exact) mass is 239 g/mol. The van der Waals surface area contributed by atoms with Gasteiger partial charge >= 0.3 is 0 Å². The van der Waals surface area contributed by atoms with E-state index in [-0.39, 0.29) is 0 Å². The van der Waals surface area contributed by atoms with Gasteiger partial charge < -0.3 is 0 Å². The summed E-state index contributed by atoms with van der Waals surface area (Å²) in [4.78, 5) is 0. The Labute approximate surface area is 107 Å². The Hall–Kier alpha value is -1.38. The van der Waals surface area contributed by atoms with Crippen molar-refractivity contribution in [1.82, 2.24) is 14.8 Å². The summed E-state index contributed by atoms with van der Waals surface area (Å²) in [6, 6.07) is 5.75. The molecule has 2 heterocycles. The Morgan fingerprint density at radius 1 is 0.706 bits per heavy atom. The number of aromatic nitrogens is 3. The highest BCUT2D eigenvalue weighted by Gasteiger charge is 1.86. The molecule has 0 atom stereocenters. The van der Waals surface area contributed by atoms with E-state index < -0.39 is 0 Å². The highest BCUT2D eigenvalue weighted by Crippen LogP contribution is 1.95. The number of nitrogens with zero attached hydrogens (tertiary/aromatic N) is 3. The Balaban J connectivity index is -0.000000212. The lowest BCUT2D eigenvalue weighted by atomic mass is 10.5. The summed E-state index contributed by atoms with van der Waals surface area (Å²) in [5, 5.41) is 7.87. The van der Waals surface area contributed by atoms with Gasteiger partial charge in [0.05, 0.1) is 11.7 Å². The minimum Gasteiger partial charge on any atom is -0.159 e. The summed E-state index contributed by atoms with van der Waals surface area (Å²) >= 11 is 0. The van der Waals surface area contributed by atoms with Crippen LogP contribution in [0.5, 0.6) is 0 Å². The van der Waals surface area contributed by atoms with Crippen molar-refractivity contribution in [3.8, 4) is 0 Å². The third-order valence-corrected chi connectivity index (χ3v) is 1.18. The van der Waals surface area contributed by atoms with Gasteiger partial charge in [-0.15, -0.1) is 0 Å². The fourth-order valence-electron chi connectivity index (χ4n) is 0.768. The van der Waals surface area contributed by atoms with E-state index in [9.17, 15) is 0 Å². The molecule has 100 valence electrons. The van der Waals surface area contributed by atoms with Crippen molar-refractivity contribution in [1.29, 1.82) is 0 Å². The third kappa shape index (κ3) is 9.54. The predicted octanol–water partition coefficient (Wildman–Crippen LogP) is 4.83. The lowest BCUT2D eigenvalue weighted by molar-refractivity contribution is 0.800. The molecule has 17 heavy (non-hydrogen) atoms. The quantitative estimate of drug-likeness (QED) is 0.659. The summed E-state index contributed by atoms with van der Waals surface area (Å²) in [5.74, 6) is 0. The molecule has 0 saturated carbocycles. The average molecular weight is 239 g/mol. The molecule has 0 N–H and O–H groups in total. The maximum Gasteiger partial charge on any atom is 0.0873 e. The second-order valence-electron chi connectivity index (χ2n) is 1.77. The molecule has 0 fully saturated rings. The molecule has 0 radical (unpaired) electrons. The lowest BCUT2D eigenvalue weighted by Gasteiger charge is -1.85. The van der Waals surface area contributed by atoms with Crippen molar-refractivity contribution in [3.63, 3.8) is 0 Å². The van der Waals surface area contributed by atoms with Crippen LogP contribution in [0.15, 0.2) is 30.6 Å². The highest BCUT2D eigenvalue weighted by molar-refractivity contribution is 5.42. The van der Waals surface area contributed by atoms with Crippen LogP contribution in [0.4, 0.5) is 0 Å². The molecule has 2 aromatic rings. The molecule has 0 unspecified atom stereocenters. The first kappa shape index (κ1) is 21.0. The summed E-state index contributed by atoms with van der Waals surface area (Å²) in [5.41, 5.74) is 1.03. The van der Waals surface area contributed by atoms with E-state index in [4.69, 9.17) is 0 Å². The first-order valence-electron chi connectivity index (χ1n) is 6.72. The zero-order chi connectivity index (χ0) is 14.1. The van der Waals surface area contributed by atoms with Gasteiger partial charge in [-0.3, -0.25) is 0 Å². The van der Waals surface area contributed by atoms with Gasteiger partial charge in [-0.25, -0.2) is 0 Å². The van der Waals surface area contributed by atoms with Crippen molar-refractivity contribution in [2.75, 3.05) is 0 Å². The van der Waals surface area contributed by atoms with Crippen molar-refractivity contribution >= 4 is 5.52 Å². The summed E-state index contributed by atoms with van der Waals surface area (Å²) in [7, 11) is 0. The van der Waals surface area contributed by atoms with Crippen LogP contribution < -0.4 is 0 Å². The average Bonchev–Trinajstić information content (AvgIpc) is 2.96. The van der Waals surface area contributed by atoms with E-state index >= 15 is 0 Å². The largest absolute Gasteiger partial charge is 0.159 e. The third-order valence-electron chi connectivity index (χ3n) is 1.18. The second-order valence-corrected chi connectivity index (χ2v) is 1.77. The SMILES string of the molecule is CC.CC.CC.CC.c1cnn2nccc2c1. The number of hydrogen-bond acceptors (Lipinski definition) is 2. The first-order chi connectivity index (χ1) is 8.47. The number of hydrogen-bond donors (Lipinski definition) is 0. The number of rotatable bonds is 0. The Bertz CT molecular complexity index is 285. The zero-order valence-electron chi connectivity index (χ0n) is 12.7. The molecule has 2 rings (SSSR count). The maximum atomic E-state index is 3.95. The van der Waals surface area contributed by atoms with Crippen LogP contribution in [0, 0.1) is 0 Å². The minimum absolute atomic E-state index is 1.03. The van der Waals surface area contributed by atoms with Crippen LogP contribution in [-0.4, -0.2) is 14.8 Å². The maximum absolute atomic E-state index is 3.95. The molecule has 0 amide bonds. The van der Waals surface area contributed by atoms with E-state index in [1.54, 1.807) is 17.0 Å². The van der Waals surface area contributed by atoms with Gasteiger partial charge in [0.15, 0.2) is 0 Å². The van der Waals surface area contributed by atoms with Gasteiger partial charge in [0, 0.05) is 6.20 Å². The molecule has 3 heteroatoms. The van der Waals surface area contributed by atoms with E-state index in [1.807, 2.05) is 73.6 Å². The standard InChI is InChI=1S/C6H5N3.4C2H6/c1-2-6-3-5-8-9(6)7-4-1;4*1-2/h1-5H;4*1-2H3. The Morgan fingerprint density at radius 3 is 1.65 bits per heavy atom. The van der Waals surface area contributed by atoms with Crippen LogP contribution in [0.25, 0.3) is 5.52 Å². The van der Waals surface area contributed by atoms with E-state index in [0.29, 0.717) is 0 Å². The molecule has 0 aliphatic rings. The lowest BCUT2D eigenvalue weighted by Crippen LogP contribution is -1.89. The van der Waals surface area contributed by atoms with E-state index in [2.05, 4.69) is 10.2 Å². The van der Waals surface area contributed by atoms with E-state index in [0.717, 1.165) is 5.52 Å². The van der Waals surface area contributed by atoms with Crippen LogP contribution in [0.1, 0.15) is 55.4 Å². The van der Waals surface area contributed by atoms with Crippen molar-refractivity contribution in [3.05, 3.63) is 30.6 Å². The Morgan fingerprint density at radius 2 is 1.18 bits per heavy atom. The molecule has 0 saturated heterocycles. The number of fused-ring (bicyclic) bond motifs is 1. The molecule has 0 aromatic carbocycles. The van der Waals surface area contributed by atoms with Crippen molar-refractivity contribution < 1.29 is 0 Å². The summed E-state index contributed by atoms with van der Waals surface area (Å²) in [6.45, 7) is 16.0. The van der Waals surface area contributed by atoms with Gasteiger partial charge in [0.1, 0.15) is 0 Å². The van der Waals surface area contributed by atoms with Gasteiger partial charge in [0.25, 0.3) is 0 Å². The molecule has 0 aliphatic heterocycles. The fourth-order valence-corrected chi connectivity index (χ4v) is 0.768. The van der Waals surface area contributed by atoms with Gasteiger partial charge in [-0.05, 0) is 18.2 Å². The normalized spacial score (nSPS) is 6.82. The highest BCUT2D eigenvalue weighted by atomic mass is 15.4. The first-order valence-corrected chi connectivity index (χ1v) is 6.72. The van der Waals surface area contributed by atoms with Crippen LogP contribution >= 0.6 is 0 Å². The molecule has 2 aromatic heterocycles. The van der Waals surface area contributed by atoms with Crippen molar-refractivity contribution in [2.45, 2.75) is 55.4 Å². The van der Waals surface area contributed by atoms with Crippen molar-refractivity contribution in [2.24, 2.45) is 0 Å². The molecule has 0 bridgehead atoms. The van der Waals surface area contributed by atoms with Crippen LogP contribution in [0.3, 0.4) is 0 Å². The molecular weight excluding hydrogens is 210 g/mol. The predicted molar refractivity (Wildman–Crippen MR) is 78.4 cm³/mol. The van der Waals surface area contributed by atoms with Crippen LogP contribution in [0.2, 0.25) is 0 Å². The van der Waals surface area contributed by atoms with E-state index in [1.165, 1.54) is 0 Å². The smallest absolute Gasteiger partial charge is 0.0873 e. The molecule has 3 nitrogen and oxygen atoms in total. The van der Waals surface area contributed by atoms with Gasteiger partial charge in [-0.2, -0.15) is 14.8 Å². The van der Waals surface area contributed by atoms with Gasteiger partial charge in [0.2, 0.25) is 0 Å². The molecule has 0 aliphatic carbocycles. The zero-order valence-corrected chi connectivity index (χ0v) is 12.7. The Kier molecular flexibility index (Phi) is 24.8. The topological polar surface area (TPSA) is 30.2 Å². The molecule has 0 spiro atoms. The van der Waals surface area contributed by atoms with Gasteiger partial charge in [-0.1, -0.05) is 55.4 Å². The second kappa shape index (κ2) is 20.1. The summed E-state index contributed by atoms with van der Waals surface area (Å²) < 4.78 is 1.58. The minimum atomic E-state index is 1.03. The summed E-state index contributed by atoms with van der Waals surface area (Å²) in [6.07, 6.45) is 3.43. The molecular formula is C14H29N3. The fraction of sp³-hybridized carbons (Fsp3) is 0.571.